The van der Waals surface area contributed by atoms with E-state index in [4.69, 9.17) is 0 Å². The maximum atomic E-state index is 12.3. The lowest BCUT2D eigenvalue weighted by atomic mass is 9.97. The summed E-state index contributed by atoms with van der Waals surface area (Å²) in [7, 11) is 1.60. The highest BCUT2D eigenvalue weighted by Crippen LogP contribution is 2.26. The first-order valence-corrected chi connectivity index (χ1v) is 7.77. The molecule has 0 aliphatic heterocycles. The normalized spacial score (nSPS) is 11.6. The lowest BCUT2D eigenvalue weighted by Gasteiger charge is -2.19. The third kappa shape index (κ3) is 3.97. The van der Waals surface area contributed by atoms with Crippen LogP contribution in [0, 0.1) is 0 Å². The topological polar surface area (TPSA) is 49.4 Å². The molecule has 0 saturated heterocycles. The molecule has 2 aromatic carbocycles. The predicted octanol–water partition coefficient (Wildman–Crippen LogP) is 3.80. The van der Waals surface area contributed by atoms with Crippen molar-refractivity contribution in [3.63, 3.8) is 0 Å². The molecule has 120 valence electrons. The van der Waals surface area contributed by atoms with E-state index in [-0.39, 0.29) is 0 Å². The molecule has 2 aromatic rings. The van der Waals surface area contributed by atoms with Crippen molar-refractivity contribution in [2.45, 2.75) is 26.2 Å². The van der Waals surface area contributed by atoms with Gasteiger partial charge in [-0.1, -0.05) is 50.2 Å². The molecule has 0 saturated carbocycles. The molecule has 1 N–H and O–H groups in total. The standard InChI is InChI=1S/C19H22N2O2/c1-4-14(2)16-12-8-9-13-17(16)20-18(22)19(23)21(3)15-10-6-5-7-11-15/h5-14H,4H2,1-3H3,(H,20,22). The van der Waals surface area contributed by atoms with Crippen LogP contribution >= 0.6 is 0 Å². The highest BCUT2D eigenvalue weighted by Gasteiger charge is 2.21. The summed E-state index contributed by atoms with van der Waals surface area (Å²) in [6.07, 6.45) is 0.963. The lowest BCUT2D eigenvalue weighted by Crippen LogP contribution is -2.37. The van der Waals surface area contributed by atoms with Crippen LogP contribution in [0.4, 0.5) is 11.4 Å². The van der Waals surface area contributed by atoms with Crippen molar-refractivity contribution in [2.75, 3.05) is 17.3 Å². The summed E-state index contributed by atoms with van der Waals surface area (Å²) in [5.74, 6) is -0.907. The predicted molar refractivity (Wildman–Crippen MR) is 93.6 cm³/mol. The molecule has 2 rings (SSSR count). The van der Waals surface area contributed by atoms with Crippen molar-refractivity contribution in [2.24, 2.45) is 0 Å². The van der Waals surface area contributed by atoms with Crippen molar-refractivity contribution in [3.05, 3.63) is 60.2 Å². The number of carbonyl (C=O) groups is 2. The molecule has 4 nitrogen and oxygen atoms in total. The number of nitrogens with zero attached hydrogens (tertiary/aromatic N) is 1. The van der Waals surface area contributed by atoms with Gasteiger partial charge in [0.2, 0.25) is 0 Å². The quantitative estimate of drug-likeness (QED) is 0.873. The Morgan fingerprint density at radius 3 is 2.30 bits per heavy atom. The van der Waals surface area contributed by atoms with Crippen molar-refractivity contribution in [1.82, 2.24) is 0 Å². The van der Waals surface area contributed by atoms with Crippen LogP contribution in [0.5, 0.6) is 0 Å². The average Bonchev–Trinajstić information content (AvgIpc) is 2.61. The van der Waals surface area contributed by atoms with Crippen LogP contribution in [0.1, 0.15) is 31.7 Å². The second kappa shape index (κ2) is 7.58. The Morgan fingerprint density at radius 1 is 1.04 bits per heavy atom. The van der Waals surface area contributed by atoms with Gasteiger partial charge in [-0.3, -0.25) is 9.59 Å². The van der Waals surface area contributed by atoms with Gasteiger partial charge >= 0.3 is 11.8 Å². The van der Waals surface area contributed by atoms with Gasteiger partial charge in [0, 0.05) is 18.4 Å². The van der Waals surface area contributed by atoms with Gasteiger partial charge in [0.15, 0.2) is 0 Å². The summed E-state index contributed by atoms with van der Waals surface area (Å²) < 4.78 is 0. The number of benzene rings is 2. The van der Waals surface area contributed by atoms with Gasteiger partial charge in [-0.25, -0.2) is 0 Å². The third-order valence-corrected chi connectivity index (χ3v) is 3.99. The summed E-state index contributed by atoms with van der Waals surface area (Å²) >= 11 is 0. The number of hydrogen-bond acceptors (Lipinski definition) is 2. The first-order valence-electron chi connectivity index (χ1n) is 7.77. The maximum absolute atomic E-state index is 12.3. The van der Waals surface area contributed by atoms with Gasteiger partial charge in [0.1, 0.15) is 0 Å². The van der Waals surface area contributed by atoms with E-state index < -0.39 is 11.8 Å². The Labute approximate surface area is 137 Å². The smallest absolute Gasteiger partial charge is 0.316 e. The molecule has 4 heteroatoms. The zero-order chi connectivity index (χ0) is 16.8. The van der Waals surface area contributed by atoms with Gasteiger partial charge in [-0.15, -0.1) is 0 Å². The van der Waals surface area contributed by atoms with E-state index in [1.807, 2.05) is 42.5 Å². The largest absolute Gasteiger partial charge is 0.318 e. The highest BCUT2D eigenvalue weighted by atomic mass is 16.2. The molecule has 1 unspecified atom stereocenters. The molecule has 0 heterocycles. The number of likely N-dealkylation sites (N-methyl/N-ethyl adjacent to an activating group) is 1. The number of rotatable bonds is 4. The van der Waals surface area contributed by atoms with E-state index in [0.717, 1.165) is 12.0 Å². The van der Waals surface area contributed by atoms with Gasteiger partial charge in [0.25, 0.3) is 0 Å². The van der Waals surface area contributed by atoms with E-state index in [2.05, 4.69) is 19.2 Å². The Hall–Kier alpha value is -2.62. The minimum absolute atomic E-state index is 0.313. The number of para-hydroxylation sites is 2. The Kier molecular flexibility index (Phi) is 5.52. The van der Waals surface area contributed by atoms with E-state index in [1.54, 1.807) is 19.2 Å². The van der Waals surface area contributed by atoms with Crippen LogP contribution in [-0.4, -0.2) is 18.9 Å². The average molecular weight is 310 g/mol. The third-order valence-electron chi connectivity index (χ3n) is 3.99. The summed E-state index contributed by atoms with van der Waals surface area (Å²) in [5, 5.41) is 2.75. The van der Waals surface area contributed by atoms with Gasteiger partial charge < -0.3 is 10.2 Å². The summed E-state index contributed by atoms with van der Waals surface area (Å²) in [4.78, 5) is 25.9. The molecule has 0 radical (unpaired) electrons. The van der Waals surface area contributed by atoms with Crippen LogP contribution in [0.25, 0.3) is 0 Å². The van der Waals surface area contributed by atoms with Crippen LogP contribution < -0.4 is 10.2 Å². The first-order chi connectivity index (χ1) is 11.0. The summed E-state index contributed by atoms with van der Waals surface area (Å²) in [6, 6.07) is 16.7. The second-order valence-corrected chi connectivity index (χ2v) is 5.55. The first kappa shape index (κ1) is 16.7. The van der Waals surface area contributed by atoms with Crippen LogP contribution in [0.15, 0.2) is 54.6 Å². The second-order valence-electron chi connectivity index (χ2n) is 5.55. The van der Waals surface area contributed by atoms with E-state index in [1.165, 1.54) is 4.90 Å². The van der Waals surface area contributed by atoms with Crippen molar-refractivity contribution in [3.8, 4) is 0 Å². The molecule has 2 amide bonds. The molecule has 23 heavy (non-hydrogen) atoms. The van der Waals surface area contributed by atoms with Gasteiger partial charge in [-0.2, -0.15) is 0 Å². The van der Waals surface area contributed by atoms with Crippen molar-refractivity contribution in [1.29, 1.82) is 0 Å². The zero-order valence-electron chi connectivity index (χ0n) is 13.7. The Balaban J connectivity index is 2.15. The SMILES string of the molecule is CCC(C)c1ccccc1NC(=O)C(=O)N(C)c1ccccc1. The number of hydrogen-bond donors (Lipinski definition) is 1. The van der Waals surface area contributed by atoms with E-state index in [0.29, 0.717) is 17.3 Å². The lowest BCUT2D eigenvalue weighted by molar-refractivity contribution is -0.134. The highest BCUT2D eigenvalue weighted by molar-refractivity contribution is 6.44. The maximum Gasteiger partial charge on any atom is 0.316 e. The van der Waals surface area contributed by atoms with Crippen LogP contribution in [-0.2, 0) is 9.59 Å². The molecule has 1 atom stereocenters. The fourth-order valence-corrected chi connectivity index (χ4v) is 2.36. The minimum Gasteiger partial charge on any atom is -0.318 e. The molecule has 0 aliphatic rings. The fourth-order valence-electron chi connectivity index (χ4n) is 2.36. The molecule has 0 spiro atoms. The number of nitrogens with one attached hydrogen (secondary N) is 1. The molecule has 0 aliphatic carbocycles. The van der Waals surface area contributed by atoms with Gasteiger partial charge in [0.05, 0.1) is 0 Å². The molecule has 0 bridgehead atoms. The Morgan fingerprint density at radius 2 is 1.65 bits per heavy atom. The fraction of sp³-hybridized carbons (Fsp3) is 0.263. The van der Waals surface area contributed by atoms with E-state index in [9.17, 15) is 9.59 Å². The Bertz CT molecular complexity index is 683. The molecular formula is C19H22N2O2. The van der Waals surface area contributed by atoms with Crippen molar-refractivity contribution < 1.29 is 9.59 Å². The number of carbonyl (C=O) groups excluding carboxylic acids is 2. The molecule has 0 fully saturated rings. The van der Waals surface area contributed by atoms with Crippen LogP contribution in [0.3, 0.4) is 0 Å². The number of anilines is 2. The van der Waals surface area contributed by atoms with Gasteiger partial charge in [-0.05, 0) is 36.1 Å². The molecule has 0 aromatic heterocycles. The zero-order valence-corrected chi connectivity index (χ0v) is 13.7. The van der Waals surface area contributed by atoms with E-state index >= 15 is 0 Å². The number of amides is 2. The van der Waals surface area contributed by atoms with Crippen LogP contribution in [0.2, 0.25) is 0 Å². The minimum atomic E-state index is -0.632. The van der Waals surface area contributed by atoms with Crippen molar-refractivity contribution >= 4 is 23.2 Å². The molecular weight excluding hydrogens is 288 g/mol. The summed E-state index contributed by atoms with van der Waals surface area (Å²) in [6.45, 7) is 4.19. The monoisotopic (exact) mass is 310 g/mol. The summed E-state index contributed by atoms with van der Waals surface area (Å²) in [5.41, 5.74) is 2.42.